The van der Waals surface area contributed by atoms with E-state index in [1.54, 1.807) is 18.2 Å². The van der Waals surface area contributed by atoms with E-state index in [-0.39, 0.29) is 11.7 Å². The molecule has 5 heteroatoms. The van der Waals surface area contributed by atoms with Crippen molar-refractivity contribution in [3.05, 3.63) is 68.9 Å². The number of hydrogen-bond acceptors (Lipinski definition) is 2. The smallest absolute Gasteiger partial charge is 0.251 e. The van der Waals surface area contributed by atoms with Crippen LogP contribution in [0, 0.1) is 5.82 Å². The van der Waals surface area contributed by atoms with E-state index in [9.17, 15) is 14.3 Å². The molecule has 1 aliphatic heterocycles. The zero-order chi connectivity index (χ0) is 15.0. The highest BCUT2D eigenvalue weighted by atomic mass is 79.9. The molecule has 2 N–H and O–H groups in total. The molecule has 1 atom stereocenters. The summed E-state index contributed by atoms with van der Waals surface area (Å²) in [7, 11) is 0. The van der Waals surface area contributed by atoms with Gasteiger partial charge in [0, 0.05) is 12.1 Å². The molecule has 0 aromatic heterocycles. The number of amides is 1. The van der Waals surface area contributed by atoms with Gasteiger partial charge in [-0.15, -0.1) is 0 Å². The third-order valence-corrected chi connectivity index (χ3v) is 4.24. The molecule has 108 valence electrons. The number of carbonyl (C=O) groups is 1. The maximum absolute atomic E-state index is 13.3. The van der Waals surface area contributed by atoms with Crippen molar-refractivity contribution in [1.82, 2.24) is 5.32 Å². The minimum atomic E-state index is -0.901. The van der Waals surface area contributed by atoms with Crippen LogP contribution >= 0.6 is 15.9 Å². The fraction of sp³-hybridized carbons (Fsp3) is 0.188. The van der Waals surface area contributed by atoms with Gasteiger partial charge in [-0.05, 0) is 57.2 Å². The lowest BCUT2D eigenvalue weighted by atomic mass is 9.94. The Balaban J connectivity index is 1.98. The van der Waals surface area contributed by atoms with Gasteiger partial charge in [-0.2, -0.15) is 0 Å². The Morgan fingerprint density at radius 2 is 1.90 bits per heavy atom. The lowest BCUT2D eigenvalue weighted by Gasteiger charge is -2.19. The van der Waals surface area contributed by atoms with Crippen molar-refractivity contribution in [3.63, 3.8) is 0 Å². The van der Waals surface area contributed by atoms with Gasteiger partial charge in [0.25, 0.3) is 5.91 Å². The molecule has 3 nitrogen and oxygen atoms in total. The van der Waals surface area contributed by atoms with E-state index in [2.05, 4.69) is 21.2 Å². The quantitative estimate of drug-likeness (QED) is 0.875. The SMILES string of the molecule is O=C1NCCc2ccc(C(O)c3ccc(F)c(Br)c3)cc21. The summed E-state index contributed by atoms with van der Waals surface area (Å²) in [6.07, 6.45) is -0.110. The first-order valence-corrected chi connectivity index (χ1v) is 7.39. The summed E-state index contributed by atoms with van der Waals surface area (Å²) in [4.78, 5) is 11.8. The second-order valence-electron chi connectivity index (χ2n) is 5.00. The Hall–Kier alpha value is -1.72. The molecule has 21 heavy (non-hydrogen) atoms. The number of hydrogen-bond donors (Lipinski definition) is 2. The van der Waals surface area contributed by atoms with Gasteiger partial charge in [0.1, 0.15) is 11.9 Å². The summed E-state index contributed by atoms with van der Waals surface area (Å²) in [5.74, 6) is -0.499. The molecule has 0 fully saturated rings. The third-order valence-electron chi connectivity index (χ3n) is 3.63. The highest BCUT2D eigenvalue weighted by molar-refractivity contribution is 9.10. The van der Waals surface area contributed by atoms with Crippen molar-refractivity contribution in [2.24, 2.45) is 0 Å². The Morgan fingerprint density at radius 1 is 1.19 bits per heavy atom. The first kappa shape index (κ1) is 14.2. The monoisotopic (exact) mass is 349 g/mol. The van der Waals surface area contributed by atoms with Gasteiger partial charge in [-0.1, -0.05) is 18.2 Å². The van der Waals surface area contributed by atoms with Gasteiger partial charge < -0.3 is 10.4 Å². The van der Waals surface area contributed by atoms with Gasteiger partial charge >= 0.3 is 0 Å². The zero-order valence-electron chi connectivity index (χ0n) is 11.1. The topological polar surface area (TPSA) is 49.3 Å². The van der Waals surface area contributed by atoms with Gasteiger partial charge in [0.05, 0.1) is 4.47 Å². The van der Waals surface area contributed by atoms with Crippen molar-refractivity contribution < 1.29 is 14.3 Å². The first-order valence-electron chi connectivity index (χ1n) is 6.60. The highest BCUT2D eigenvalue weighted by Gasteiger charge is 2.19. The molecule has 3 rings (SSSR count). The summed E-state index contributed by atoms with van der Waals surface area (Å²) in [6, 6.07) is 9.74. The van der Waals surface area contributed by atoms with Crippen LogP contribution in [0.1, 0.15) is 33.2 Å². The van der Waals surface area contributed by atoms with Crippen LogP contribution in [0.25, 0.3) is 0 Å². The standard InChI is InChI=1S/C16H13BrFNO2/c17-13-8-11(3-4-14(13)18)15(20)10-2-1-9-5-6-19-16(21)12(9)7-10/h1-4,7-8,15,20H,5-6H2,(H,19,21). The van der Waals surface area contributed by atoms with Crippen LogP contribution in [0.5, 0.6) is 0 Å². The number of benzene rings is 2. The van der Waals surface area contributed by atoms with Crippen LogP contribution in [-0.2, 0) is 6.42 Å². The second-order valence-corrected chi connectivity index (χ2v) is 5.85. The van der Waals surface area contributed by atoms with Gasteiger partial charge in [-0.3, -0.25) is 4.79 Å². The number of aliphatic hydroxyl groups is 1. The zero-order valence-corrected chi connectivity index (χ0v) is 12.7. The predicted octanol–water partition coefficient (Wildman–Crippen LogP) is 2.96. The van der Waals surface area contributed by atoms with E-state index in [1.165, 1.54) is 12.1 Å². The summed E-state index contributed by atoms with van der Waals surface area (Å²) < 4.78 is 13.6. The molecular weight excluding hydrogens is 337 g/mol. The van der Waals surface area contributed by atoms with Crippen molar-refractivity contribution in [2.45, 2.75) is 12.5 Å². The van der Waals surface area contributed by atoms with Crippen LogP contribution in [0.15, 0.2) is 40.9 Å². The maximum atomic E-state index is 13.3. The molecule has 0 aliphatic carbocycles. The van der Waals surface area contributed by atoms with Crippen LogP contribution in [-0.4, -0.2) is 17.6 Å². The van der Waals surface area contributed by atoms with Crippen LogP contribution in [0.3, 0.4) is 0 Å². The third kappa shape index (κ3) is 2.71. The van der Waals surface area contributed by atoms with Gasteiger partial charge in [0.15, 0.2) is 0 Å². The fourth-order valence-electron chi connectivity index (χ4n) is 2.47. The largest absolute Gasteiger partial charge is 0.384 e. The minimum absolute atomic E-state index is 0.120. The molecular formula is C16H13BrFNO2. The molecule has 2 aromatic carbocycles. The number of aliphatic hydroxyl groups excluding tert-OH is 1. The predicted molar refractivity (Wildman–Crippen MR) is 80.6 cm³/mol. The Morgan fingerprint density at radius 3 is 2.67 bits per heavy atom. The maximum Gasteiger partial charge on any atom is 0.251 e. The fourth-order valence-corrected chi connectivity index (χ4v) is 2.87. The van der Waals surface area contributed by atoms with Gasteiger partial charge in [-0.25, -0.2) is 4.39 Å². The summed E-state index contributed by atoms with van der Waals surface area (Å²) >= 11 is 3.11. The lowest BCUT2D eigenvalue weighted by Crippen LogP contribution is -2.31. The molecule has 0 saturated heterocycles. The highest BCUT2D eigenvalue weighted by Crippen LogP contribution is 2.28. The van der Waals surface area contributed by atoms with Crippen molar-refractivity contribution in [3.8, 4) is 0 Å². The lowest BCUT2D eigenvalue weighted by molar-refractivity contribution is 0.0945. The first-order chi connectivity index (χ1) is 10.1. The Bertz CT molecular complexity index is 717. The number of halogens is 2. The number of fused-ring (bicyclic) bond motifs is 1. The Labute approximate surface area is 129 Å². The summed E-state index contributed by atoms with van der Waals surface area (Å²) in [5.41, 5.74) is 2.76. The van der Waals surface area contributed by atoms with Crippen LogP contribution < -0.4 is 5.32 Å². The summed E-state index contributed by atoms with van der Waals surface area (Å²) in [6.45, 7) is 0.638. The van der Waals surface area contributed by atoms with Crippen molar-refractivity contribution in [1.29, 1.82) is 0 Å². The molecule has 0 spiro atoms. The van der Waals surface area contributed by atoms with E-state index in [4.69, 9.17) is 0 Å². The van der Waals surface area contributed by atoms with Crippen LogP contribution in [0.4, 0.5) is 4.39 Å². The molecule has 1 unspecified atom stereocenters. The molecule has 0 radical (unpaired) electrons. The number of nitrogens with one attached hydrogen (secondary N) is 1. The molecule has 1 aliphatic rings. The number of rotatable bonds is 2. The van der Waals surface area contributed by atoms with E-state index in [0.29, 0.717) is 27.7 Å². The van der Waals surface area contributed by atoms with E-state index in [1.807, 2.05) is 6.07 Å². The van der Waals surface area contributed by atoms with E-state index < -0.39 is 6.10 Å². The number of carbonyl (C=O) groups excluding carboxylic acids is 1. The average molecular weight is 350 g/mol. The molecule has 0 saturated carbocycles. The summed E-state index contributed by atoms with van der Waals surface area (Å²) in [5, 5.41) is 13.2. The van der Waals surface area contributed by atoms with E-state index in [0.717, 1.165) is 12.0 Å². The second kappa shape index (κ2) is 5.58. The molecule has 1 amide bonds. The van der Waals surface area contributed by atoms with Crippen molar-refractivity contribution >= 4 is 21.8 Å². The molecule has 1 heterocycles. The molecule has 2 aromatic rings. The average Bonchev–Trinajstić information content (AvgIpc) is 2.49. The minimum Gasteiger partial charge on any atom is -0.384 e. The Kier molecular flexibility index (Phi) is 3.78. The van der Waals surface area contributed by atoms with Gasteiger partial charge in [0.2, 0.25) is 0 Å². The normalized spacial score (nSPS) is 15.3. The van der Waals surface area contributed by atoms with E-state index >= 15 is 0 Å². The van der Waals surface area contributed by atoms with Crippen LogP contribution in [0.2, 0.25) is 0 Å². The van der Waals surface area contributed by atoms with Crippen molar-refractivity contribution in [2.75, 3.05) is 6.54 Å². The molecule has 0 bridgehead atoms.